The summed E-state index contributed by atoms with van der Waals surface area (Å²) < 4.78 is 6.37. The first-order chi connectivity index (χ1) is 16.0. The number of rotatable bonds is 5. The molecule has 0 radical (unpaired) electrons. The molecule has 4 aromatic rings. The summed E-state index contributed by atoms with van der Waals surface area (Å²) >= 11 is 13.4. The van der Waals surface area contributed by atoms with E-state index in [-0.39, 0.29) is 12.1 Å². The number of anilines is 1. The monoisotopic (exact) mass is 491 g/mol. The van der Waals surface area contributed by atoms with E-state index in [9.17, 15) is 0 Å². The van der Waals surface area contributed by atoms with Gasteiger partial charge in [0.2, 0.25) is 0 Å². The Morgan fingerprint density at radius 3 is 2.55 bits per heavy atom. The van der Waals surface area contributed by atoms with Gasteiger partial charge in [0.1, 0.15) is 11.8 Å². The highest BCUT2D eigenvalue weighted by Gasteiger charge is 2.42. The van der Waals surface area contributed by atoms with Gasteiger partial charge in [-0.2, -0.15) is 0 Å². The second-order valence-corrected chi connectivity index (χ2v) is 9.88. The van der Waals surface area contributed by atoms with Crippen molar-refractivity contribution in [3.05, 3.63) is 107 Å². The Kier molecular flexibility index (Phi) is 6.15. The molecule has 0 aliphatic carbocycles. The molecule has 0 amide bonds. The van der Waals surface area contributed by atoms with Crippen molar-refractivity contribution in [3.8, 4) is 0 Å². The van der Waals surface area contributed by atoms with E-state index in [1.807, 2.05) is 54.6 Å². The summed E-state index contributed by atoms with van der Waals surface area (Å²) in [6, 6.07) is 23.8. The van der Waals surface area contributed by atoms with Crippen LogP contribution in [0.1, 0.15) is 34.7 Å². The molecule has 0 saturated carbocycles. The Morgan fingerprint density at radius 2 is 1.82 bits per heavy atom. The smallest absolute Gasteiger partial charge is 0.174 e. The molecule has 2 aromatic heterocycles. The molecule has 33 heavy (non-hydrogen) atoms. The van der Waals surface area contributed by atoms with Gasteiger partial charge in [0.25, 0.3) is 0 Å². The highest BCUT2D eigenvalue weighted by atomic mass is 35.5. The lowest BCUT2D eigenvalue weighted by atomic mass is 10.0. The normalized spacial score (nSPS) is 17.9. The van der Waals surface area contributed by atoms with E-state index in [0.29, 0.717) is 10.1 Å². The summed E-state index contributed by atoms with van der Waals surface area (Å²) in [6.45, 7) is 4.23. The number of hydrogen-bond donors (Lipinski definition) is 1. The van der Waals surface area contributed by atoms with Crippen LogP contribution >= 0.6 is 35.6 Å². The standard InChI is InChI=1S/C26H22ClN3OS2/c1-16-6-9-19(15-17(16)2)30-25(24(29-26(30)32)21-5-3-4-14-28-21)22-12-13-23(31-22)33-20-10-7-18(27)8-11-20/h3-15,24-25H,1-2H3,(H,29,32)/t24-,25-/m1/s1. The van der Waals surface area contributed by atoms with Gasteiger partial charge in [0.15, 0.2) is 10.2 Å². The van der Waals surface area contributed by atoms with Crippen molar-refractivity contribution in [1.29, 1.82) is 0 Å². The molecular formula is C26H22ClN3OS2. The van der Waals surface area contributed by atoms with E-state index in [2.05, 4.69) is 47.2 Å². The van der Waals surface area contributed by atoms with E-state index >= 15 is 0 Å². The molecule has 1 aliphatic rings. The molecule has 0 spiro atoms. The number of hydrogen-bond acceptors (Lipinski definition) is 4. The van der Waals surface area contributed by atoms with Gasteiger partial charge in [-0.05, 0) is 97.9 Å². The van der Waals surface area contributed by atoms with Crippen molar-refractivity contribution in [1.82, 2.24) is 10.3 Å². The van der Waals surface area contributed by atoms with E-state index in [1.165, 1.54) is 11.1 Å². The van der Waals surface area contributed by atoms with Crippen LogP contribution in [0.4, 0.5) is 5.69 Å². The lowest BCUT2D eigenvalue weighted by Crippen LogP contribution is -2.29. The second-order valence-electron chi connectivity index (χ2n) is 7.98. The largest absolute Gasteiger partial charge is 0.452 e. The summed E-state index contributed by atoms with van der Waals surface area (Å²) in [7, 11) is 0. The van der Waals surface area contributed by atoms with Crippen LogP contribution in [0.3, 0.4) is 0 Å². The Balaban J connectivity index is 1.53. The van der Waals surface area contributed by atoms with Crippen LogP contribution in [0, 0.1) is 13.8 Å². The number of nitrogens with zero attached hydrogens (tertiary/aromatic N) is 2. The lowest BCUT2D eigenvalue weighted by Gasteiger charge is -2.26. The zero-order valence-electron chi connectivity index (χ0n) is 18.2. The molecule has 4 nitrogen and oxygen atoms in total. The summed E-state index contributed by atoms with van der Waals surface area (Å²) in [5.41, 5.74) is 4.41. The fraction of sp³-hybridized carbons (Fsp3) is 0.154. The number of benzene rings is 2. The molecule has 1 N–H and O–H groups in total. The molecule has 1 saturated heterocycles. The third-order valence-electron chi connectivity index (χ3n) is 5.79. The van der Waals surface area contributed by atoms with E-state index < -0.39 is 0 Å². The second kappa shape index (κ2) is 9.21. The van der Waals surface area contributed by atoms with Crippen molar-refractivity contribution in [2.24, 2.45) is 0 Å². The topological polar surface area (TPSA) is 41.3 Å². The first kappa shape index (κ1) is 22.0. The average molecular weight is 492 g/mol. The van der Waals surface area contributed by atoms with Crippen LogP contribution in [0.15, 0.2) is 93.4 Å². The quantitative estimate of drug-likeness (QED) is 0.296. The van der Waals surface area contributed by atoms with Crippen LogP contribution in [-0.2, 0) is 0 Å². The number of pyridine rings is 1. The molecule has 7 heteroatoms. The molecule has 0 bridgehead atoms. The first-order valence-corrected chi connectivity index (χ1v) is 12.2. The van der Waals surface area contributed by atoms with E-state index in [4.69, 9.17) is 28.2 Å². The van der Waals surface area contributed by atoms with Crippen LogP contribution < -0.4 is 10.2 Å². The zero-order chi connectivity index (χ0) is 22.9. The third kappa shape index (κ3) is 4.51. The van der Waals surface area contributed by atoms with Crippen molar-refractivity contribution < 1.29 is 4.42 Å². The Bertz CT molecular complexity index is 1290. The zero-order valence-corrected chi connectivity index (χ0v) is 20.5. The molecule has 1 fully saturated rings. The number of nitrogens with one attached hydrogen (secondary N) is 1. The predicted molar refractivity (Wildman–Crippen MR) is 138 cm³/mol. The summed E-state index contributed by atoms with van der Waals surface area (Å²) in [4.78, 5) is 7.80. The molecular weight excluding hydrogens is 470 g/mol. The molecule has 5 rings (SSSR count). The minimum absolute atomic E-state index is 0.139. The van der Waals surface area contributed by atoms with Crippen molar-refractivity contribution in [2.75, 3.05) is 4.90 Å². The molecule has 166 valence electrons. The molecule has 0 unspecified atom stereocenters. The summed E-state index contributed by atoms with van der Waals surface area (Å²) in [5, 5.41) is 5.66. The van der Waals surface area contributed by atoms with Gasteiger partial charge < -0.3 is 14.6 Å². The fourth-order valence-electron chi connectivity index (χ4n) is 3.96. The number of thiocarbonyl (C=S) groups is 1. The molecule has 3 heterocycles. The lowest BCUT2D eigenvalue weighted by molar-refractivity contribution is 0.383. The minimum atomic E-state index is -0.172. The maximum Gasteiger partial charge on any atom is 0.174 e. The molecule has 2 aromatic carbocycles. The molecule has 2 atom stereocenters. The Morgan fingerprint density at radius 1 is 1.00 bits per heavy atom. The summed E-state index contributed by atoms with van der Waals surface area (Å²) in [6.07, 6.45) is 1.81. The van der Waals surface area contributed by atoms with Crippen LogP contribution in [-0.4, -0.2) is 10.1 Å². The SMILES string of the molecule is Cc1ccc(N2C(=S)N[C@H](c3ccccn3)[C@H]2c2ccc(Sc3ccc(Cl)cc3)o2)cc1C. The Hall–Kier alpha value is -2.80. The van der Waals surface area contributed by atoms with Gasteiger partial charge in [0, 0.05) is 21.8 Å². The van der Waals surface area contributed by atoms with Crippen molar-refractivity contribution in [3.63, 3.8) is 0 Å². The maximum absolute atomic E-state index is 6.37. The predicted octanol–water partition coefficient (Wildman–Crippen LogP) is 7.27. The van der Waals surface area contributed by atoms with Gasteiger partial charge in [0.05, 0.1) is 11.7 Å². The van der Waals surface area contributed by atoms with Crippen LogP contribution in [0.5, 0.6) is 0 Å². The number of furan rings is 1. The van der Waals surface area contributed by atoms with Gasteiger partial charge in [-0.1, -0.05) is 35.5 Å². The van der Waals surface area contributed by atoms with Crippen molar-refractivity contribution in [2.45, 2.75) is 35.9 Å². The van der Waals surface area contributed by atoms with Crippen LogP contribution in [0.2, 0.25) is 5.02 Å². The third-order valence-corrected chi connectivity index (χ3v) is 7.29. The van der Waals surface area contributed by atoms with E-state index in [0.717, 1.165) is 27.1 Å². The van der Waals surface area contributed by atoms with Gasteiger partial charge >= 0.3 is 0 Å². The van der Waals surface area contributed by atoms with Crippen LogP contribution in [0.25, 0.3) is 0 Å². The number of halogens is 1. The first-order valence-electron chi connectivity index (χ1n) is 10.6. The number of aryl methyl sites for hydroxylation is 2. The van der Waals surface area contributed by atoms with Crippen molar-refractivity contribution >= 4 is 46.4 Å². The molecule has 1 aliphatic heterocycles. The highest BCUT2D eigenvalue weighted by Crippen LogP contribution is 2.43. The van der Waals surface area contributed by atoms with Gasteiger partial charge in [-0.3, -0.25) is 4.98 Å². The summed E-state index contributed by atoms with van der Waals surface area (Å²) in [5.74, 6) is 0.827. The average Bonchev–Trinajstić information content (AvgIpc) is 3.42. The van der Waals surface area contributed by atoms with Gasteiger partial charge in [-0.15, -0.1) is 0 Å². The fourth-order valence-corrected chi connectivity index (χ4v) is 5.21. The highest BCUT2D eigenvalue weighted by molar-refractivity contribution is 7.99. The van der Waals surface area contributed by atoms with Gasteiger partial charge in [-0.25, -0.2) is 0 Å². The minimum Gasteiger partial charge on any atom is -0.452 e. The van der Waals surface area contributed by atoms with E-state index in [1.54, 1.807) is 18.0 Å². The maximum atomic E-state index is 6.37. The number of aromatic nitrogens is 1. The Labute approximate surface area is 208 Å².